The molecule has 3 rings (SSSR count). The second kappa shape index (κ2) is 0.575. The van der Waals surface area contributed by atoms with Gasteiger partial charge in [-0.15, -0.1) is 0 Å². The second-order valence-corrected chi connectivity index (χ2v) is 2.40. The standard InChI is InChI=1S/C6H8/c1-4-5-2-6(4)3-5/h2,4-5H,3H2,1H3. The van der Waals surface area contributed by atoms with Crippen molar-refractivity contribution in [3.63, 3.8) is 0 Å². The molecule has 0 aromatic carbocycles. The third-order valence-electron chi connectivity index (χ3n) is 2.13. The summed E-state index contributed by atoms with van der Waals surface area (Å²) in [6.07, 6.45) is 3.81. The molecule has 0 aromatic heterocycles. The Kier molecular flexibility index (Phi) is 0.272. The van der Waals surface area contributed by atoms with Crippen LogP contribution in [0.25, 0.3) is 0 Å². The summed E-state index contributed by atoms with van der Waals surface area (Å²) in [5, 5.41) is 0. The molecule has 32 valence electrons. The largest absolute Gasteiger partial charge is 0.0810 e. The molecule has 2 unspecified atom stereocenters. The molecule has 0 aliphatic heterocycles. The van der Waals surface area contributed by atoms with Crippen molar-refractivity contribution in [1.29, 1.82) is 0 Å². The van der Waals surface area contributed by atoms with Crippen molar-refractivity contribution in [2.24, 2.45) is 11.8 Å². The summed E-state index contributed by atoms with van der Waals surface area (Å²) in [7, 11) is 0. The van der Waals surface area contributed by atoms with Crippen LogP contribution in [0.4, 0.5) is 0 Å². The van der Waals surface area contributed by atoms with Crippen molar-refractivity contribution < 1.29 is 0 Å². The molecule has 1 fully saturated rings. The Bertz CT molecular complexity index is 111. The zero-order valence-corrected chi connectivity index (χ0v) is 3.94. The fourth-order valence-electron chi connectivity index (χ4n) is 1.17. The maximum absolute atomic E-state index is 2.38. The van der Waals surface area contributed by atoms with E-state index in [4.69, 9.17) is 0 Å². The molecule has 0 spiro atoms. The van der Waals surface area contributed by atoms with Crippen molar-refractivity contribution in [3.05, 3.63) is 11.6 Å². The first kappa shape index (κ1) is 2.84. The predicted molar refractivity (Wildman–Crippen MR) is 25.4 cm³/mol. The maximum Gasteiger partial charge on any atom is -0.0130 e. The Morgan fingerprint density at radius 1 is 1.83 bits per heavy atom. The molecule has 6 heavy (non-hydrogen) atoms. The van der Waals surface area contributed by atoms with Gasteiger partial charge in [0.1, 0.15) is 0 Å². The molecule has 2 atom stereocenters. The molecular weight excluding hydrogens is 72.1 g/mol. The summed E-state index contributed by atoms with van der Waals surface area (Å²) in [6.45, 7) is 2.31. The molecule has 1 saturated carbocycles. The molecule has 0 amide bonds. The topological polar surface area (TPSA) is 0 Å². The van der Waals surface area contributed by atoms with E-state index in [9.17, 15) is 0 Å². The average Bonchev–Trinajstić information content (AvgIpc) is 1.28. The third kappa shape index (κ3) is 0.113. The number of hydrogen-bond acceptors (Lipinski definition) is 0. The first-order valence-electron chi connectivity index (χ1n) is 2.58. The van der Waals surface area contributed by atoms with Crippen molar-refractivity contribution in [2.45, 2.75) is 13.3 Å². The van der Waals surface area contributed by atoms with Crippen LogP contribution in [0, 0.1) is 11.8 Å². The summed E-state index contributed by atoms with van der Waals surface area (Å²) in [5.41, 5.74) is 1.71. The summed E-state index contributed by atoms with van der Waals surface area (Å²) in [6, 6.07) is 0. The van der Waals surface area contributed by atoms with Crippen LogP contribution in [0.3, 0.4) is 0 Å². The molecule has 0 radical (unpaired) electrons. The molecular formula is C6H8. The zero-order valence-electron chi connectivity index (χ0n) is 3.94. The summed E-state index contributed by atoms with van der Waals surface area (Å²) >= 11 is 0. The molecule has 3 aliphatic rings. The Labute approximate surface area is 37.9 Å². The highest BCUT2D eigenvalue weighted by molar-refractivity contribution is 5.34. The minimum Gasteiger partial charge on any atom is -0.0810 e. The summed E-state index contributed by atoms with van der Waals surface area (Å²) < 4.78 is 0. The quantitative estimate of drug-likeness (QED) is 0.387. The van der Waals surface area contributed by atoms with Crippen LogP contribution >= 0.6 is 0 Å². The van der Waals surface area contributed by atoms with Crippen LogP contribution in [-0.4, -0.2) is 0 Å². The highest BCUT2D eigenvalue weighted by atomic mass is 14.4. The number of hydrogen-bond donors (Lipinski definition) is 0. The smallest absolute Gasteiger partial charge is 0.0130 e. The fraction of sp³-hybridized carbons (Fsp3) is 0.667. The van der Waals surface area contributed by atoms with Crippen molar-refractivity contribution in [3.8, 4) is 0 Å². The van der Waals surface area contributed by atoms with Gasteiger partial charge in [-0.1, -0.05) is 18.6 Å². The zero-order chi connectivity index (χ0) is 4.15. The SMILES string of the molecule is CC1C2=CC1C2. The monoisotopic (exact) mass is 80.1 g/mol. The van der Waals surface area contributed by atoms with E-state index in [2.05, 4.69) is 13.0 Å². The van der Waals surface area contributed by atoms with E-state index in [1.165, 1.54) is 6.42 Å². The Balaban J connectivity index is 2.36. The summed E-state index contributed by atoms with van der Waals surface area (Å²) in [4.78, 5) is 0. The second-order valence-electron chi connectivity index (χ2n) is 2.40. The van der Waals surface area contributed by atoms with Gasteiger partial charge in [-0.05, 0) is 18.3 Å². The van der Waals surface area contributed by atoms with E-state index < -0.39 is 0 Å². The Morgan fingerprint density at radius 2 is 2.17 bits per heavy atom. The van der Waals surface area contributed by atoms with Crippen molar-refractivity contribution in [1.82, 2.24) is 0 Å². The van der Waals surface area contributed by atoms with Crippen LogP contribution in [-0.2, 0) is 0 Å². The highest BCUT2D eigenvalue weighted by Crippen LogP contribution is 2.51. The van der Waals surface area contributed by atoms with Gasteiger partial charge in [-0.25, -0.2) is 0 Å². The van der Waals surface area contributed by atoms with E-state index in [-0.39, 0.29) is 0 Å². The minimum atomic E-state index is 0.991. The lowest BCUT2D eigenvalue weighted by atomic mass is 9.59. The molecule has 0 saturated heterocycles. The van der Waals surface area contributed by atoms with Crippen LogP contribution in [0.5, 0.6) is 0 Å². The van der Waals surface area contributed by atoms with E-state index in [0.29, 0.717) is 0 Å². The first-order valence-corrected chi connectivity index (χ1v) is 2.58. The van der Waals surface area contributed by atoms with Crippen LogP contribution in [0.2, 0.25) is 0 Å². The molecule has 0 aromatic rings. The van der Waals surface area contributed by atoms with Crippen molar-refractivity contribution >= 4 is 0 Å². The maximum atomic E-state index is 2.38. The van der Waals surface area contributed by atoms with Gasteiger partial charge in [0, 0.05) is 0 Å². The Hall–Kier alpha value is -0.260. The van der Waals surface area contributed by atoms with Gasteiger partial charge in [0.25, 0.3) is 0 Å². The molecule has 2 bridgehead atoms. The van der Waals surface area contributed by atoms with E-state index in [0.717, 1.165) is 11.8 Å². The Morgan fingerprint density at radius 3 is 2.17 bits per heavy atom. The molecule has 0 nitrogen and oxygen atoms in total. The van der Waals surface area contributed by atoms with Gasteiger partial charge in [0.15, 0.2) is 0 Å². The van der Waals surface area contributed by atoms with Gasteiger partial charge < -0.3 is 0 Å². The lowest BCUT2D eigenvalue weighted by Crippen LogP contribution is -2.35. The molecule has 0 heterocycles. The highest BCUT2D eigenvalue weighted by Gasteiger charge is 2.39. The number of rotatable bonds is 0. The van der Waals surface area contributed by atoms with Gasteiger partial charge in [-0.2, -0.15) is 0 Å². The summed E-state index contributed by atoms with van der Waals surface area (Å²) in [5.74, 6) is 2.00. The van der Waals surface area contributed by atoms with E-state index in [1.54, 1.807) is 5.57 Å². The average molecular weight is 80.1 g/mol. The van der Waals surface area contributed by atoms with Crippen LogP contribution in [0.1, 0.15) is 13.3 Å². The van der Waals surface area contributed by atoms with E-state index in [1.807, 2.05) is 0 Å². The lowest BCUT2D eigenvalue weighted by molar-refractivity contribution is 0.292. The molecule has 3 aliphatic carbocycles. The van der Waals surface area contributed by atoms with Crippen molar-refractivity contribution in [2.75, 3.05) is 0 Å². The van der Waals surface area contributed by atoms with Crippen LogP contribution in [0.15, 0.2) is 11.6 Å². The molecule has 0 heteroatoms. The third-order valence-corrected chi connectivity index (χ3v) is 2.13. The minimum absolute atomic E-state index is 0.991. The van der Waals surface area contributed by atoms with Gasteiger partial charge in [-0.3, -0.25) is 0 Å². The lowest BCUT2D eigenvalue weighted by Gasteiger charge is -2.46. The predicted octanol–water partition coefficient (Wildman–Crippen LogP) is 1.58. The van der Waals surface area contributed by atoms with Crippen LogP contribution < -0.4 is 0 Å². The van der Waals surface area contributed by atoms with Gasteiger partial charge >= 0.3 is 0 Å². The first-order chi connectivity index (χ1) is 2.88. The van der Waals surface area contributed by atoms with Gasteiger partial charge in [0.2, 0.25) is 0 Å². The molecule has 0 N–H and O–H groups in total. The normalized spacial score (nSPS) is 49.2. The fourth-order valence-corrected chi connectivity index (χ4v) is 1.17. The van der Waals surface area contributed by atoms with Gasteiger partial charge in [0.05, 0.1) is 0 Å². The van der Waals surface area contributed by atoms with E-state index >= 15 is 0 Å². The number of allylic oxidation sites excluding steroid dienone is 2.